The van der Waals surface area contributed by atoms with Crippen molar-refractivity contribution >= 4 is 12.7 Å². The number of aryl methyl sites for hydroxylation is 1. The molecule has 0 aliphatic carbocycles. The van der Waals surface area contributed by atoms with Crippen molar-refractivity contribution in [3.63, 3.8) is 0 Å². The van der Waals surface area contributed by atoms with Crippen molar-refractivity contribution in [2.45, 2.75) is 19.9 Å². The maximum absolute atomic E-state index is 8.64. The molecule has 0 bridgehead atoms. The minimum Gasteiger partial charge on any atom is -0.422 e. The molecule has 0 aliphatic heterocycles. The lowest BCUT2D eigenvalue weighted by atomic mass is 9.87. The molecule has 1 heterocycles. The van der Waals surface area contributed by atoms with Gasteiger partial charge < -0.3 is 10.0 Å². The Bertz CT molecular complexity index is 225. The summed E-state index contributed by atoms with van der Waals surface area (Å²) < 4.78 is 0. The van der Waals surface area contributed by atoms with Crippen molar-refractivity contribution in [2.75, 3.05) is 0 Å². The molecular weight excluding hydrogens is 145 g/mol. The van der Waals surface area contributed by atoms with E-state index in [0.717, 1.165) is 6.42 Å². The molecule has 0 unspecified atom stereocenters. The molecule has 0 saturated heterocycles. The fourth-order valence-electron chi connectivity index (χ4n) is 0.737. The third-order valence-electron chi connectivity index (χ3n) is 1.24. The van der Waals surface area contributed by atoms with E-state index >= 15 is 0 Å². The van der Waals surface area contributed by atoms with Gasteiger partial charge in [0.05, 0.1) is 12.7 Å². The second-order valence-corrected chi connectivity index (χ2v) is 2.24. The summed E-state index contributed by atoms with van der Waals surface area (Å²) in [6.07, 6.45) is 2.27. The van der Waals surface area contributed by atoms with Crippen LogP contribution in [-0.2, 0) is 6.54 Å². The predicted octanol–water partition coefficient (Wildman–Crippen LogP) is -1.63. The lowest BCUT2D eigenvalue weighted by Crippen LogP contribution is -2.31. The normalized spacial score (nSPS) is 10.1. The molecule has 11 heavy (non-hydrogen) atoms. The van der Waals surface area contributed by atoms with E-state index in [0.29, 0.717) is 6.54 Å². The van der Waals surface area contributed by atoms with Gasteiger partial charge in [0.15, 0.2) is 0 Å². The molecule has 0 radical (unpaired) electrons. The molecule has 2 N–H and O–H groups in total. The zero-order chi connectivity index (χ0) is 8.27. The predicted molar refractivity (Wildman–Crippen MR) is 40.1 cm³/mol. The van der Waals surface area contributed by atoms with Gasteiger partial charge in [-0.3, -0.25) is 0 Å². The van der Waals surface area contributed by atoms with Gasteiger partial charge in [-0.2, -0.15) is 15.0 Å². The molecule has 60 valence electrons. The zero-order valence-electron chi connectivity index (χ0n) is 6.30. The molecule has 6 heteroatoms. The van der Waals surface area contributed by atoms with Crippen molar-refractivity contribution in [1.82, 2.24) is 15.0 Å². The Balaban J connectivity index is 2.66. The highest BCUT2D eigenvalue weighted by molar-refractivity contribution is 6.57. The van der Waals surface area contributed by atoms with Gasteiger partial charge in [0.2, 0.25) is 0 Å². The molecule has 0 saturated carbocycles. The van der Waals surface area contributed by atoms with E-state index in [1.165, 1.54) is 11.0 Å². The van der Waals surface area contributed by atoms with E-state index in [1.54, 1.807) is 0 Å². The van der Waals surface area contributed by atoms with Gasteiger partial charge in [-0.1, -0.05) is 6.92 Å². The van der Waals surface area contributed by atoms with E-state index in [-0.39, 0.29) is 5.59 Å². The Kier molecular flexibility index (Phi) is 2.61. The Labute approximate surface area is 64.8 Å². The van der Waals surface area contributed by atoms with Crippen LogP contribution in [0, 0.1) is 0 Å². The number of rotatable bonds is 3. The van der Waals surface area contributed by atoms with Crippen LogP contribution in [0.25, 0.3) is 0 Å². The summed E-state index contributed by atoms with van der Waals surface area (Å²) in [6, 6.07) is 0. The maximum Gasteiger partial charge on any atom is 0.511 e. The number of hydrogen-bond acceptors (Lipinski definition) is 4. The topological polar surface area (TPSA) is 71.2 Å². The summed E-state index contributed by atoms with van der Waals surface area (Å²) in [5.41, 5.74) is 0.193. The van der Waals surface area contributed by atoms with Crippen LogP contribution < -0.4 is 5.59 Å². The number of aromatic nitrogens is 3. The van der Waals surface area contributed by atoms with Crippen LogP contribution in [-0.4, -0.2) is 32.2 Å². The molecule has 1 aromatic rings. The highest BCUT2D eigenvalue weighted by Gasteiger charge is 2.14. The largest absolute Gasteiger partial charge is 0.511 e. The monoisotopic (exact) mass is 155 g/mol. The smallest absolute Gasteiger partial charge is 0.422 e. The van der Waals surface area contributed by atoms with Crippen LogP contribution >= 0.6 is 0 Å². The molecule has 5 nitrogen and oxygen atoms in total. The Morgan fingerprint density at radius 3 is 2.82 bits per heavy atom. The molecule has 0 atom stereocenters. The lowest BCUT2D eigenvalue weighted by molar-refractivity contribution is 0.422. The molecular formula is C5H10BN3O2. The second kappa shape index (κ2) is 3.50. The highest BCUT2D eigenvalue weighted by Crippen LogP contribution is 1.81. The van der Waals surface area contributed by atoms with Crippen molar-refractivity contribution in [3.8, 4) is 0 Å². The SMILES string of the molecule is CCCn1ncc(B(O)O)n1. The quantitative estimate of drug-likeness (QED) is 0.514. The first kappa shape index (κ1) is 8.22. The fourth-order valence-corrected chi connectivity index (χ4v) is 0.737. The molecule has 1 aromatic heterocycles. The second-order valence-electron chi connectivity index (χ2n) is 2.24. The molecule has 0 spiro atoms. The van der Waals surface area contributed by atoms with Crippen molar-refractivity contribution in [1.29, 1.82) is 0 Å². The van der Waals surface area contributed by atoms with Crippen molar-refractivity contribution in [3.05, 3.63) is 6.20 Å². The van der Waals surface area contributed by atoms with Gasteiger partial charge in [0, 0.05) is 0 Å². The van der Waals surface area contributed by atoms with Gasteiger partial charge in [0.1, 0.15) is 5.59 Å². The summed E-state index contributed by atoms with van der Waals surface area (Å²) in [5, 5.41) is 24.9. The van der Waals surface area contributed by atoms with Crippen LogP contribution in [0.5, 0.6) is 0 Å². The van der Waals surface area contributed by atoms with Gasteiger partial charge in [-0.15, -0.1) is 0 Å². The van der Waals surface area contributed by atoms with Gasteiger partial charge >= 0.3 is 7.12 Å². The Hall–Kier alpha value is -0.875. The molecule has 1 rings (SSSR count). The van der Waals surface area contributed by atoms with Crippen LogP contribution in [0.4, 0.5) is 0 Å². The van der Waals surface area contributed by atoms with Crippen LogP contribution in [0.1, 0.15) is 13.3 Å². The van der Waals surface area contributed by atoms with E-state index in [1.807, 2.05) is 6.92 Å². The van der Waals surface area contributed by atoms with Crippen molar-refractivity contribution < 1.29 is 10.0 Å². The lowest BCUT2D eigenvalue weighted by Gasteiger charge is -1.93. The minimum absolute atomic E-state index is 0.193. The number of nitrogens with zero attached hydrogens (tertiary/aromatic N) is 3. The van der Waals surface area contributed by atoms with Gasteiger partial charge in [-0.25, -0.2) is 0 Å². The zero-order valence-corrected chi connectivity index (χ0v) is 6.30. The highest BCUT2D eigenvalue weighted by atomic mass is 16.4. The summed E-state index contributed by atoms with van der Waals surface area (Å²) in [6.45, 7) is 2.70. The van der Waals surface area contributed by atoms with Crippen LogP contribution in [0.15, 0.2) is 6.20 Å². The summed E-state index contributed by atoms with van der Waals surface area (Å²) in [5.74, 6) is 0. The summed E-state index contributed by atoms with van der Waals surface area (Å²) in [4.78, 5) is 1.44. The van der Waals surface area contributed by atoms with E-state index < -0.39 is 7.12 Å². The van der Waals surface area contributed by atoms with Gasteiger partial charge in [-0.05, 0) is 6.42 Å². The van der Waals surface area contributed by atoms with E-state index in [4.69, 9.17) is 10.0 Å². The average Bonchev–Trinajstić information content (AvgIpc) is 2.37. The standard InChI is InChI=1S/C5H10BN3O2/c1-2-3-9-7-4-5(8-9)6(10)11/h4,10-11H,2-3H2,1H3. The summed E-state index contributed by atoms with van der Waals surface area (Å²) >= 11 is 0. The first-order valence-corrected chi connectivity index (χ1v) is 3.50. The van der Waals surface area contributed by atoms with Crippen LogP contribution in [0.2, 0.25) is 0 Å². The molecule has 0 aliphatic rings. The van der Waals surface area contributed by atoms with E-state index in [2.05, 4.69) is 10.2 Å². The number of hydrogen-bond donors (Lipinski definition) is 2. The minimum atomic E-state index is -1.51. The average molecular weight is 155 g/mol. The fraction of sp³-hybridized carbons (Fsp3) is 0.600. The Morgan fingerprint density at radius 1 is 1.64 bits per heavy atom. The van der Waals surface area contributed by atoms with Crippen LogP contribution in [0.3, 0.4) is 0 Å². The third kappa shape index (κ3) is 2.02. The van der Waals surface area contributed by atoms with Crippen molar-refractivity contribution in [2.24, 2.45) is 0 Å². The summed E-state index contributed by atoms with van der Waals surface area (Å²) in [7, 11) is -1.51. The molecule has 0 amide bonds. The molecule has 0 fully saturated rings. The first-order valence-electron chi connectivity index (χ1n) is 3.50. The molecule has 0 aromatic carbocycles. The van der Waals surface area contributed by atoms with Gasteiger partial charge in [0.25, 0.3) is 0 Å². The maximum atomic E-state index is 8.64. The first-order chi connectivity index (χ1) is 5.24. The van der Waals surface area contributed by atoms with E-state index in [9.17, 15) is 0 Å². The Morgan fingerprint density at radius 2 is 2.36 bits per heavy atom. The third-order valence-corrected chi connectivity index (χ3v) is 1.24.